The van der Waals surface area contributed by atoms with E-state index < -0.39 is 89.4 Å². The lowest BCUT2D eigenvalue weighted by Crippen LogP contribution is -2.58. The fraction of sp³-hybridized carbons (Fsp3) is 0.524. The Kier molecular flexibility index (Phi) is 15.1. The Bertz CT molecular complexity index is 1960. The van der Waals surface area contributed by atoms with Crippen molar-refractivity contribution in [2.24, 2.45) is 0 Å². The Morgan fingerprint density at radius 1 is 0.864 bits per heavy atom. The highest BCUT2D eigenvalue weighted by molar-refractivity contribution is 5.90. The summed E-state index contributed by atoms with van der Waals surface area (Å²) in [4.78, 5) is 81.5. The van der Waals surface area contributed by atoms with Gasteiger partial charge < -0.3 is 44.4 Å². The minimum Gasteiger partial charge on any atom is -0.451 e. The number of unbranched alkanes of at least 4 members (excludes halogenated alkanes) is 2. The molecule has 17 heteroatoms. The Morgan fingerprint density at radius 2 is 1.51 bits per heavy atom. The third kappa shape index (κ3) is 12.5. The molecule has 0 aliphatic carbocycles. The van der Waals surface area contributed by atoms with Crippen molar-refractivity contribution in [3.63, 3.8) is 0 Å². The third-order valence-electron chi connectivity index (χ3n) is 9.44. The number of ether oxygens (including phenoxy) is 6. The van der Waals surface area contributed by atoms with Crippen LogP contribution in [0.25, 0.3) is 0 Å². The monoisotopic (exact) mass is 821 g/mol. The number of H-pyrrole nitrogens is 1. The molecule has 2 aliphatic heterocycles. The molecule has 0 unspecified atom stereocenters. The second-order valence-corrected chi connectivity index (χ2v) is 15.8. The normalized spacial score (nSPS) is 20.5. The Balaban J connectivity index is 1.46. The molecule has 0 saturated carbocycles. The van der Waals surface area contributed by atoms with Crippen LogP contribution in [0.15, 0.2) is 82.5 Å². The standard InChI is InChI=1S/C42H55N5O12/c1-7-8-25-54-39(52)43-23-16-15-21-28(44-40(53)59-41(2,3)4)35(49)46-30(37(50)56-31(26-17-11-9-12-18-26)27-19-13-10-14-20-27)32-33-34(58-42(5,6)57-33)36(55-32)47-24-22-29(48)45-38(47)51/h9-14,17-20,22,24,28,30-34,36H,7-8,15-16,21,23,25H2,1-6H3,(H,43,52)(H,44,53)(H,46,49)(H,45,48,51)/t28-,30-,32+,33+,34+,36+/m0/s1. The van der Waals surface area contributed by atoms with Gasteiger partial charge in [0, 0.05) is 18.8 Å². The van der Waals surface area contributed by atoms with Crippen LogP contribution >= 0.6 is 0 Å². The summed E-state index contributed by atoms with van der Waals surface area (Å²) in [6.45, 7) is 10.9. The summed E-state index contributed by atoms with van der Waals surface area (Å²) in [5.41, 5.74) is -1.02. The zero-order valence-corrected chi connectivity index (χ0v) is 34.3. The number of benzene rings is 2. The van der Waals surface area contributed by atoms with Crippen molar-refractivity contribution in [2.45, 2.75) is 128 Å². The van der Waals surface area contributed by atoms with Crippen molar-refractivity contribution >= 4 is 24.1 Å². The van der Waals surface area contributed by atoms with E-state index in [4.69, 9.17) is 28.4 Å². The lowest BCUT2D eigenvalue weighted by atomic mass is 10.00. The minimum atomic E-state index is -1.60. The highest BCUT2D eigenvalue weighted by atomic mass is 16.8. The number of carbonyl (C=O) groups is 4. The molecule has 17 nitrogen and oxygen atoms in total. The van der Waals surface area contributed by atoms with Gasteiger partial charge in [0.1, 0.15) is 30.0 Å². The molecule has 0 radical (unpaired) electrons. The summed E-state index contributed by atoms with van der Waals surface area (Å²) in [6, 6.07) is 16.4. The molecule has 0 spiro atoms. The van der Waals surface area contributed by atoms with Crippen LogP contribution in [0.3, 0.4) is 0 Å². The number of rotatable bonds is 17. The zero-order valence-electron chi connectivity index (χ0n) is 34.3. The molecule has 6 atom stereocenters. The fourth-order valence-electron chi connectivity index (χ4n) is 6.77. The van der Waals surface area contributed by atoms with Gasteiger partial charge in [-0.1, -0.05) is 74.0 Å². The summed E-state index contributed by atoms with van der Waals surface area (Å²) < 4.78 is 36.9. The van der Waals surface area contributed by atoms with E-state index in [-0.39, 0.29) is 13.0 Å². The van der Waals surface area contributed by atoms with Crippen LogP contribution in [0.1, 0.15) is 97.1 Å². The molecule has 59 heavy (non-hydrogen) atoms. The Morgan fingerprint density at radius 3 is 2.12 bits per heavy atom. The summed E-state index contributed by atoms with van der Waals surface area (Å²) in [6.07, 6.45) is -3.18. The predicted molar refractivity (Wildman–Crippen MR) is 213 cm³/mol. The number of alkyl carbamates (subject to hydrolysis) is 2. The first-order chi connectivity index (χ1) is 28.0. The average molecular weight is 822 g/mol. The van der Waals surface area contributed by atoms with E-state index >= 15 is 0 Å². The second kappa shape index (κ2) is 20.0. The van der Waals surface area contributed by atoms with Crippen LogP contribution in [0.2, 0.25) is 0 Å². The number of amides is 3. The van der Waals surface area contributed by atoms with Gasteiger partial charge >= 0.3 is 23.8 Å². The summed E-state index contributed by atoms with van der Waals surface area (Å²) >= 11 is 0. The summed E-state index contributed by atoms with van der Waals surface area (Å²) in [5.74, 6) is -2.90. The van der Waals surface area contributed by atoms with Crippen LogP contribution in [-0.2, 0) is 38.0 Å². The maximum Gasteiger partial charge on any atom is 0.408 e. The molecule has 0 bridgehead atoms. The first-order valence-electron chi connectivity index (χ1n) is 19.9. The molecular weight excluding hydrogens is 766 g/mol. The second-order valence-electron chi connectivity index (χ2n) is 15.8. The zero-order chi connectivity index (χ0) is 42.7. The van der Waals surface area contributed by atoms with Crippen molar-refractivity contribution in [3.05, 3.63) is 105 Å². The molecular formula is C42H55N5O12. The number of nitrogens with one attached hydrogen (secondary N) is 4. The van der Waals surface area contributed by atoms with E-state index in [0.717, 1.165) is 23.5 Å². The molecule has 2 fully saturated rings. The number of carbonyl (C=O) groups excluding carboxylic acids is 4. The Labute approximate surface area is 342 Å². The quantitative estimate of drug-likeness (QED) is 0.0850. The maximum absolute atomic E-state index is 14.7. The van der Waals surface area contributed by atoms with Crippen molar-refractivity contribution < 1.29 is 47.6 Å². The molecule has 2 aromatic carbocycles. The van der Waals surface area contributed by atoms with Crippen molar-refractivity contribution in [1.29, 1.82) is 0 Å². The van der Waals surface area contributed by atoms with Gasteiger partial charge in [-0.25, -0.2) is 19.2 Å². The molecule has 1 aromatic heterocycles. The molecule has 5 rings (SSSR count). The summed E-state index contributed by atoms with van der Waals surface area (Å²) in [7, 11) is 0. The fourth-order valence-corrected chi connectivity index (χ4v) is 6.77. The van der Waals surface area contributed by atoms with Crippen LogP contribution in [-0.4, -0.2) is 88.5 Å². The van der Waals surface area contributed by atoms with Gasteiger partial charge in [0.25, 0.3) is 5.56 Å². The van der Waals surface area contributed by atoms with Crippen LogP contribution in [0.4, 0.5) is 9.59 Å². The van der Waals surface area contributed by atoms with Crippen LogP contribution < -0.4 is 27.2 Å². The molecule has 3 amide bonds. The number of hydrogen-bond acceptors (Lipinski definition) is 12. The Hall–Kier alpha value is -5.52. The van der Waals surface area contributed by atoms with Crippen molar-refractivity contribution in [3.8, 4) is 0 Å². The van der Waals surface area contributed by atoms with E-state index in [9.17, 15) is 28.8 Å². The van der Waals surface area contributed by atoms with Crippen molar-refractivity contribution in [1.82, 2.24) is 25.5 Å². The van der Waals surface area contributed by atoms with E-state index in [1.807, 2.05) is 19.1 Å². The first kappa shape index (κ1) is 44.6. The lowest BCUT2D eigenvalue weighted by molar-refractivity contribution is -0.203. The average Bonchev–Trinajstić information content (AvgIpc) is 3.67. The number of aromatic nitrogens is 2. The van der Waals surface area contributed by atoms with Gasteiger partial charge in [-0.15, -0.1) is 0 Å². The predicted octanol–water partition coefficient (Wildman–Crippen LogP) is 4.36. The third-order valence-corrected chi connectivity index (χ3v) is 9.44. The van der Waals surface area contributed by atoms with Gasteiger partial charge in [-0.2, -0.15) is 0 Å². The highest BCUT2D eigenvalue weighted by Crippen LogP contribution is 2.44. The number of aromatic amines is 1. The van der Waals surface area contributed by atoms with Gasteiger partial charge in [-0.05, 0) is 71.4 Å². The molecule has 2 saturated heterocycles. The van der Waals surface area contributed by atoms with Gasteiger partial charge in [0.05, 0.1) is 6.61 Å². The smallest absolute Gasteiger partial charge is 0.408 e. The first-order valence-corrected chi connectivity index (χ1v) is 19.9. The number of nitrogens with zero attached hydrogens (tertiary/aromatic N) is 1. The van der Waals surface area contributed by atoms with Gasteiger partial charge in [0.2, 0.25) is 5.91 Å². The van der Waals surface area contributed by atoms with E-state index in [0.29, 0.717) is 30.6 Å². The van der Waals surface area contributed by atoms with E-state index in [2.05, 4.69) is 20.9 Å². The largest absolute Gasteiger partial charge is 0.451 e. The molecule has 4 N–H and O–H groups in total. The maximum atomic E-state index is 14.7. The van der Waals surface area contributed by atoms with Crippen molar-refractivity contribution in [2.75, 3.05) is 13.2 Å². The lowest BCUT2D eigenvalue weighted by Gasteiger charge is -2.31. The van der Waals surface area contributed by atoms with Crippen LogP contribution in [0, 0.1) is 0 Å². The molecule has 3 heterocycles. The van der Waals surface area contributed by atoms with E-state index in [1.165, 1.54) is 6.20 Å². The molecule has 320 valence electrons. The highest BCUT2D eigenvalue weighted by Gasteiger charge is 2.60. The number of esters is 1. The van der Waals surface area contributed by atoms with E-state index in [1.54, 1.807) is 83.1 Å². The topological polar surface area (TPSA) is 215 Å². The van der Waals surface area contributed by atoms with Crippen LogP contribution in [0.5, 0.6) is 0 Å². The summed E-state index contributed by atoms with van der Waals surface area (Å²) in [5, 5.41) is 8.09. The minimum absolute atomic E-state index is 0.0790. The number of fused-ring (bicyclic) bond motifs is 1. The van der Waals surface area contributed by atoms with Gasteiger partial charge in [0.15, 0.2) is 24.2 Å². The molecule has 2 aliphatic rings. The number of hydrogen-bond donors (Lipinski definition) is 4. The SMILES string of the molecule is CCCCOC(=O)NCCCC[C@H](NC(=O)OC(C)(C)C)C(=O)N[C@H](C(=O)OC(c1ccccc1)c1ccccc1)[C@H]1O[C@@H](n2ccc(=O)[nH]c2=O)[C@@H]2OC(C)(C)O[C@@H]21. The molecule has 3 aromatic rings. The van der Waals surface area contributed by atoms with Gasteiger partial charge in [-0.3, -0.25) is 19.1 Å².